The highest BCUT2D eigenvalue weighted by Crippen LogP contribution is 1.75. The van der Waals surface area contributed by atoms with Gasteiger partial charge in [-0.05, 0) is 0 Å². The van der Waals surface area contributed by atoms with Crippen LogP contribution in [-0.4, -0.2) is 34.2 Å². The number of hydrogen-bond acceptors (Lipinski definition) is 6. The summed E-state index contributed by atoms with van der Waals surface area (Å²) < 4.78 is 0. The fraction of sp³-hybridized carbons (Fsp3) is 0.667. The Morgan fingerprint density at radius 2 is 2.40 bits per heavy atom. The van der Waals surface area contributed by atoms with Crippen LogP contribution in [0, 0.1) is 5.21 Å². The fourth-order valence-corrected chi connectivity index (χ4v) is 0.264. The third-order valence-corrected chi connectivity index (χ3v) is 0.764. The summed E-state index contributed by atoms with van der Waals surface area (Å²) in [4.78, 5) is 9.94. The van der Waals surface area contributed by atoms with Crippen molar-refractivity contribution >= 4 is 5.97 Å². The van der Waals surface area contributed by atoms with Gasteiger partial charge in [0.2, 0.25) is 0 Å². The van der Waals surface area contributed by atoms with Gasteiger partial charge >= 0.3 is 5.97 Å². The van der Waals surface area contributed by atoms with Crippen molar-refractivity contribution in [1.29, 1.82) is 0 Å². The summed E-state index contributed by atoms with van der Waals surface area (Å²) in [5, 5.41) is 25.1. The minimum atomic E-state index is -1.24. The molecule has 0 saturated heterocycles. The lowest BCUT2D eigenvalue weighted by atomic mass is 10.3. The summed E-state index contributed by atoms with van der Waals surface area (Å²) in [5.74, 6) is -1.24. The van der Waals surface area contributed by atoms with E-state index < -0.39 is 17.3 Å². The molecule has 0 rings (SSSR count). The topological polar surface area (TPSA) is 122 Å². The Labute approximate surface area is 56.5 Å². The molecule has 0 heterocycles. The number of carboxylic acid groups (broad SMARTS) is 1. The number of aliphatic carboxylic acids is 1. The molecule has 0 spiro atoms. The van der Waals surface area contributed by atoms with Gasteiger partial charge < -0.3 is 21.3 Å². The SMILES string of the molecule is NC(CNN([O-])O)C(=O)O. The van der Waals surface area contributed by atoms with Crippen molar-refractivity contribution in [2.24, 2.45) is 5.73 Å². The molecule has 0 radical (unpaired) electrons. The molecule has 0 aromatic rings. The van der Waals surface area contributed by atoms with E-state index in [2.05, 4.69) is 0 Å². The maximum absolute atomic E-state index is 9.94. The van der Waals surface area contributed by atoms with Gasteiger partial charge in [0.15, 0.2) is 0 Å². The van der Waals surface area contributed by atoms with Crippen molar-refractivity contribution in [3.63, 3.8) is 0 Å². The van der Waals surface area contributed by atoms with Crippen LogP contribution in [0.15, 0.2) is 0 Å². The third kappa shape index (κ3) is 4.18. The molecule has 1 atom stereocenters. The second-order valence-electron chi connectivity index (χ2n) is 1.58. The first-order valence-electron chi connectivity index (χ1n) is 2.42. The number of carboxylic acids is 1. The van der Waals surface area contributed by atoms with E-state index in [1.165, 1.54) is 0 Å². The summed E-state index contributed by atoms with van der Waals surface area (Å²) in [6, 6.07) is -1.19. The maximum atomic E-state index is 9.94. The van der Waals surface area contributed by atoms with Gasteiger partial charge in [0, 0.05) is 6.54 Å². The molecule has 0 bridgehead atoms. The highest BCUT2D eigenvalue weighted by Gasteiger charge is 2.09. The summed E-state index contributed by atoms with van der Waals surface area (Å²) in [6.45, 7) is -0.310. The average Bonchev–Trinajstić information content (AvgIpc) is 1.82. The lowest BCUT2D eigenvalue weighted by Gasteiger charge is -2.20. The molecule has 60 valence electrons. The lowest BCUT2D eigenvalue weighted by molar-refractivity contribution is -0.140. The molecule has 7 heteroatoms. The van der Waals surface area contributed by atoms with Crippen LogP contribution in [0.5, 0.6) is 0 Å². The molecule has 7 nitrogen and oxygen atoms in total. The quantitative estimate of drug-likeness (QED) is 0.345. The second kappa shape index (κ2) is 4.14. The van der Waals surface area contributed by atoms with Crippen LogP contribution in [0.4, 0.5) is 0 Å². The summed E-state index contributed by atoms with van der Waals surface area (Å²) >= 11 is 0. The predicted molar refractivity (Wildman–Crippen MR) is 30.6 cm³/mol. The van der Waals surface area contributed by atoms with Gasteiger partial charge in [0.1, 0.15) is 6.04 Å². The first-order valence-corrected chi connectivity index (χ1v) is 2.42. The van der Waals surface area contributed by atoms with Crippen LogP contribution in [0.2, 0.25) is 0 Å². The monoisotopic (exact) mass is 150 g/mol. The largest absolute Gasteiger partial charge is 0.748 e. The first kappa shape index (κ1) is 9.27. The molecule has 10 heavy (non-hydrogen) atoms. The van der Waals surface area contributed by atoms with Gasteiger partial charge in [-0.1, -0.05) is 0 Å². The molecule has 0 fully saturated rings. The second-order valence-corrected chi connectivity index (χ2v) is 1.58. The van der Waals surface area contributed by atoms with E-state index in [-0.39, 0.29) is 6.54 Å². The molecule has 0 aliphatic heterocycles. The van der Waals surface area contributed by atoms with E-state index in [4.69, 9.17) is 16.0 Å². The van der Waals surface area contributed by atoms with E-state index in [9.17, 15) is 10.0 Å². The minimum absolute atomic E-state index is 0.310. The Balaban J connectivity index is 3.40. The highest BCUT2D eigenvalue weighted by atomic mass is 16.8. The number of rotatable bonds is 4. The molecule has 0 saturated carbocycles. The molecule has 5 N–H and O–H groups in total. The number of nitrogens with zero attached hydrogens (tertiary/aromatic N) is 1. The summed E-state index contributed by atoms with van der Waals surface area (Å²) in [5.41, 5.74) is 6.68. The Kier molecular flexibility index (Phi) is 3.84. The normalized spacial score (nSPS) is 13.6. The van der Waals surface area contributed by atoms with Crippen molar-refractivity contribution in [2.75, 3.05) is 6.54 Å². The smallest absolute Gasteiger partial charge is 0.321 e. The molecule has 0 aromatic carbocycles. The number of hydrogen-bond donors (Lipinski definition) is 4. The zero-order chi connectivity index (χ0) is 8.15. The fourth-order valence-electron chi connectivity index (χ4n) is 0.264. The average molecular weight is 150 g/mol. The van der Waals surface area contributed by atoms with Crippen LogP contribution in [0.25, 0.3) is 0 Å². The van der Waals surface area contributed by atoms with E-state index in [1.54, 1.807) is 5.43 Å². The Hall–Kier alpha value is -0.730. The zero-order valence-corrected chi connectivity index (χ0v) is 5.02. The van der Waals surface area contributed by atoms with E-state index in [1.807, 2.05) is 0 Å². The zero-order valence-electron chi connectivity index (χ0n) is 5.02. The molecular weight excluding hydrogens is 142 g/mol. The van der Waals surface area contributed by atoms with Gasteiger partial charge in [-0.3, -0.25) is 4.79 Å². The number of nitrogens with one attached hydrogen (secondary N) is 1. The Morgan fingerprint density at radius 1 is 1.90 bits per heavy atom. The predicted octanol–water partition coefficient (Wildman–Crippen LogP) is -1.91. The van der Waals surface area contributed by atoms with Crippen LogP contribution in [0.1, 0.15) is 0 Å². The molecule has 1 unspecified atom stereocenters. The van der Waals surface area contributed by atoms with Crippen LogP contribution in [-0.2, 0) is 4.79 Å². The minimum Gasteiger partial charge on any atom is -0.748 e. The molecule has 0 aliphatic rings. The van der Waals surface area contributed by atoms with Gasteiger partial charge in [-0.25, -0.2) is 5.43 Å². The van der Waals surface area contributed by atoms with Crippen molar-refractivity contribution in [3.05, 3.63) is 5.21 Å². The molecule has 0 amide bonds. The van der Waals surface area contributed by atoms with Crippen LogP contribution in [0.3, 0.4) is 0 Å². The van der Waals surface area contributed by atoms with Gasteiger partial charge in [0.25, 0.3) is 0 Å². The van der Waals surface area contributed by atoms with Gasteiger partial charge in [-0.15, -0.1) is 0 Å². The standard InChI is InChI=1S/C3H8N3O4/c4-2(3(7)8)1-5-6(9)10/h2,5,9H,1,4H2,(H,7,8)/q-1. The van der Waals surface area contributed by atoms with Crippen molar-refractivity contribution < 1.29 is 15.1 Å². The van der Waals surface area contributed by atoms with E-state index in [0.717, 1.165) is 0 Å². The van der Waals surface area contributed by atoms with Gasteiger partial charge in [0.05, 0.1) is 0 Å². The van der Waals surface area contributed by atoms with Gasteiger partial charge in [-0.2, -0.15) is 5.34 Å². The van der Waals surface area contributed by atoms with E-state index in [0.29, 0.717) is 0 Å². The van der Waals surface area contributed by atoms with Crippen LogP contribution < -0.4 is 11.2 Å². The number of hydrazine groups is 1. The first-order chi connectivity index (χ1) is 4.54. The maximum Gasteiger partial charge on any atom is 0.321 e. The molecule has 0 aliphatic carbocycles. The molecular formula is C3H8N3O4-. The number of nitrogens with two attached hydrogens (primary N) is 1. The Morgan fingerprint density at radius 3 is 2.70 bits per heavy atom. The summed E-state index contributed by atoms with van der Waals surface area (Å²) in [6.07, 6.45) is 0. The van der Waals surface area contributed by atoms with Crippen molar-refractivity contribution in [3.8, 4) is 0 Å². The summed E-state index contributed by atoms with van der Waals surface area (Å²) in [7, 11) is 0. The lowest BCUT2D eigenvalue weighted by Crippen LogP contribution is -2.44. The van der Waals surface area contributed by atoms with Crippen molar-refractivity contribution in [2.45, 2.75) is 6.04 Å². The third-order valence-electron chi connectivity index (χ3n) is 0.764. The number of carbonyl (C=O) groups is 1. The van der Waals surface area contributed by atoms with Crippen LogP contribution >= 0.6 is 0 Å². The molecule has 0 aromatic heterocycles. The highest BCUT2D eigenvalue weighted by molar-refractivity contribution is 5.73. The van der Waals surface area contributed by atoms with E-state index >= 15 is 0 Å². The van der Waals surface area contributed by atoms with Crippen molar-refractivity contribution in [1.82, 2.24) is 10.8 Å². The Bertz CT molecular complexity index is 116.